The number of benzene rings is 2. The second-order valence-corrected chi connectivity index (χ2v) is 7.39. The van der Waals surface area contributed by atoms with Crippen LogP contribution >= 0.6 is 11.8 Å². The van der Waals surface area contributed by atoms with Crippen LogP contribution in [-0.4, -0.2) is 27.9 Å². The summed E-state index contributed by atoms with van der Waals surface area (Å²) in [6.45, 7) is 0.664. The van der Waals surface area contributed by atoms with Crippen molar-refractivity contribution in [3.05, 3.63) is 65.2 Å². The molecule has 0 fully saturated rings. The first-order chi connectivity index (χ1) is 12.8. The van der Waals surface area contributed by atoms with Crippen LogP contribution in [0.2, 0.25) is 0 Å². The van der Waals surface area contributed by atoms with Gasteiger partial charge in [-0.05, 0) is 30.2 Å². The van der Waals surface area contributed by atoms with Crippen molar-refractivity contribution in [2.75, 3.05) is 11.9 Å². The second kappa shape index (κ2) is 6.10. The summed E-state index contributed by atoms with van der Waals surface area (Å²) in [6.07, 6.45) is 2.31. The minimum atomic E-state index is -0.543. The molecule has 5 rings (SSSR count). The summed E-state index contributed by atoms with van der Waals surface area (Å²) in [5.41, 5.74) is 2.24. The van der Waals surface area contributed by atoms with Gasteiger partial charge in [0.2, 0.25) is 0 Å². The van der Waals surface area contributed by atoms with Crippen molar-refractivity contribution in [1.29, 1.82) is 0 Å². The molecule has 2 N–H and O–H groups in total. The number of hydroxylamine groups is 2. The zero-order valence-corrected chi connectivity index (χ0v) is 14.6. The van der Waals surface area contributed by atoms with E-state index >= 15 is 0 Å². The fourth-order valence-electron chi connectivity index (χ4n) is 3.45. The number of hydrogen-bond acceptors (Lipinski definition) is 5. The molecule has 1 aromatic heterocycles. The number of nitrogens with zero attached hydrogens (tertiary/aromatic N) is 2. The molecule has 7 heteroatoms. The smallest absolute Gasteiger partial charge is 0.322 e. The van der Waals surface area contributed by atoms with Gasteiger partial charge in [-0.1, -0.05) is 42.1 Å². The number of carbonyl (C=O) groups excluding carboxylic acids is 1. The SMILES string of the molecule is O=C(Nc1n[nH]c2ccccc12)ON1C=C2Sc3ccccc3C2CC1. The molecule has 2 aliphatic rings. The Labute approximate surface area is 154 Å². The highest BCUT2D eigenvalue weighted by atomic mass is 32.2. The van der Waals surface area contributed by atoms with Gasteiger partial charge in [-0.3, -0.25) is 10.4 Å². The maximum Gasteiger partial charge on any atom is 0.437 e. The van der Waals surface area contributed by atoms with Gasteiger partial charge in [-0.25, -0.2) is 9.86 Å². The molecule has 2 aromatic carbocycles. The Morgan fingerprint density at radius 3 is 3.04 bits per heavy atom. The highest BCUT2D eigenvalue weighted by molar-refractivity contribution is 8.03. The molecule has 3 heterocycles. The van der Waals surface area contributed by atoms with Crippen molar-refractivity contribution < 1.29 is 9.63 Å². The highest BCUT2D eigenvalue weighted by Crippen LogP contribution is 2.51. The van der Waals surface area contributed by atoms with E-state index in [9.17, 15) is 4.79 Å². The Balaban J connectivity index is 1.29. The number of H-pyrrole nitrogens is 1. The van der Waals surface area contributed by atoms with Gasteiger partial charge in [-0.2, -0.15) is 5.10 Å². The minimum absolute atomic E-state index is 0.411. The molecule has 0 saturated heterocycles. The van der Waals surface area contributed by atoms with Crippen molar-refractivity contribution in [2.24, 2.45) is 0 Å². The van der Waals surface area contributed by atoms with E-state index in [1.54, 1.807) is 16.8 Å². The lowest BCUT2D eigenvalue weighted by atomic mass is 9.94. The molecule has 0 bridgehead atoms. The van der Waals surface area contributed by atoms with Crippen LogP contribution in [0.3, 0.4) is 0 Å². The fourth-order valence-corrected chi connectivity index (χ4v) is 4.73. The number of aromatic nitrogens is 2. The molecule has 2 aliphatic heterocycles. The van der Waals surface area contributed by atoms with E-state index < -0.39 is 6.09 Å². The molecule has 26 heavy (non-hydrogen) atoms. The van der Waals surface area contributed by atoms with Crippen LogP contribution < -0.4 is 5.32 Å². The number of allylic oxidation sites excluding steroid dienone is 1. The molecule has 3 aromatic rings. The number of hydrogen-bond donors (Lipinski definition) is 2. The summed E-state index contributed by atoms with van der Waals surface area (Å²) in [5.74, 6) is 0.880. The fraction of sp³-hybridized carbons (Fsp3) is 0.158. The first-order valence-electron chi connectivity index (χ1n) is 8.45. The summed E-state index contributed by atoms with van der Waals surface area (Å²) >= 11 is 1.75. The van der Waals surface area contributed by atoms with Crippen LogP contribution in [0, 0.1) is 0 Å². The van der Waals surface area contributed by atoms with E-state index in [1.807, 2.05) is 30.5 Å². The number of para-hydroxylation sites is 1. The first kappa shape index (κ1) is 15.3. The van der Waals surface area contributed by atoms with Gasteiger partial charge >= 0.3 is 6.09 Å². The first-order valence-corrected chi connectivity index (χ1v) is 9.27. The van der Waals surface area contributed by atoms with Gasteiger partial charge in [0.25, 0.3) is 0 Å². The zero-order valence-electron chi connectivity index (χ0n) is 13.8. The molecule has 0 aliphatic carbocycles. The maximum atomic E-state index is 12.3. The van der Waals surface area contributed by atoms with Crippen molar-refractivity contribution in [1.82, 2.24) is 15.3 Å². The average molecular weight is 364 g/mol. The van der Waals surface area contributed by atoms with Gasteiger partial charge < -0.3 is 4.84 Å². The molecule has 6 nitrogen and oxygen atoms in total. The van der Waals surface area contributed by atoms with E-state index in [0.29, 0.717) is 18.3 Å². The summed E-state index contributed by atoms with van der Waals surface area (Å²) in [7, 11) is 0. The normalized spacial score (nSPS) is 18.2. The van der Waals surface area contributed by atoms with Crippen molar-refractivity contribution in [3.8, 4) is 0 Å². The third kappa shape index (κ3) is 2.61. The van der Waals surface area contributed by atoms with Gasteiger partial charge in [0.1, 0.15) is 0 Å². The predicted octanol–water partition coefficient (Wildman–Crippen LogP) is 4.46. The Hall–Kier alpha value is -2.93. The van der Waals surface area contributed by atoms with Crippen LogP contribution in [0.5, 0.6) is 0 Å². The Kier molecular flexibility index (Phi) is 3.60. The van der Waals surface area contributed by atoms with Gasteiger partial charge in [0, 0.05) is 27.3 Å². The number of carbonyl (C=O) groups is 1. The maximum absolute atomic E-state index is 12.3. The Morgan fingerprint density at radius 2 is 2.08 bits per heavy atom. The molecule has 1 unspecified atom stereocenters. The largest absolute Gasteiger partial charge is 0.437 e. The van der Waals surface area contributed by atoms with Crippen LogP contribution in [0.25, 0.3) is 10.9 Å². The Morgan fingerprint density at radius 1 is 1.23 bits per heavy atom. The van der Waals surface area contributed by atoms with Crippen LogP contribution in [0.1, 0.15) is 17.9 Å². The molecule has 0 spiro atoms. The number of thioether (sulfide) groups is 1. The van der Waals surface area contributed by atoms with Crippen molar-refractivity contribution in [2.45, 2.75) is 17.2 Å². The standard InChI is InChI=1S/C19H16N4O2S/c24-19(20-18-14-6-1-3-7-15(14)21-22-18)25-23-10-9-13-12-5-2-4-8-16(12)26-17(13)11-23/h1-8,11,13H,9-10H2,(H2,20,21,22,24). The lowest BCUT2D eigenvalue weighted by molar-refractivity contribution is -0.0558. The topological polar surface area (TPSA) is 70.2 Å². The number of amides is 1. The predicted molar refractivity (Wildman–Crippen MR) is 101 cm³/mol. The summed E-state index contributed by atoms with van der Waals surface area (Å²) in [4.78, 5) is 20.2. The third-order valence-electron chi connectivity index (χ3n) is 4.67. The molecular weight excluding hydrogens is 348 g/mol. The van der Waals surface area contributed by atoms with Gasteiger partial charge in [0.15, 0.2) is 5.82 Å². The van der Waals surface area contributed by atoms with Crippen LogP contribution in [0.15, 0.2) is 64.5 Å². The van der Waals surface area contributed by atoms with E-state index in [4.69, 9.17) is 4.84 Å². The van der Waals surface area contributed by atoms with Crippen molar-refractivity contribution >= 4 is 34.6 Å². The van der Waals surface area contributed by atoms with E-state index in [-0.39, 0.29) is 0 Å². The molecule has 1 amide bonds. The number of fused-ring (bicyclic) bond motifs is 4. The Bertz CT molecular complexity index is 1030. The lowest BCUT2D eigenvalue weighted by Gasteiger charge is -2.27. The molecule has 0 saturated carbocycles. The molecule has 1 atom stereocenters. The van der Waals surface area contributed by atoms with Crippen LogP contribution in [0.4, 0.5) is 10.6 Å². The zero-order chi connectivity index (χ0) is 17.5. The number of anilines is 1. The monoisotopic (exact) mass is 364 g/mol. The van der Waals surface area contributed by atoms with Gasteiger partial charge in [0.05, 0.1) is 12.1 Å². The highest BCUT2D eigenvalue weighted by Gasteiger charge is 2.32. The molecular formula is C19H16N4O2S. The number of rotatable bonds is 2. The molecule has 0 radical (unpaired) electrons. The lowest BCUT2D eigenvalue weighted by Crippen LogP contribution is -2.30. The third-order valence-corrected chi connectivity index (χ3v) is 5.88. The van der Waals surface area contributed by atoms with Crippen molar-refractivity contribution in [3.63, 3.8) is 0 Å². The van der Waals surface area contributed by atoms with Crippen LogP contribution in [-0.2, 0) is 4.84 Å². The number of nitrogens with one attached hydrogen (secondary N) is 2. The summed E-state index contributed by atoms with van der Waals surface area (Å²) in [5, 5.41) is 12.2. The summed E-state index contributed by atoms with van der Waals surface area (Å²) in [6, 6.07) is 16.1. The second-order valence-electron chi connectivity index (χ2n) is 6.27. The van der Waals surface area contributed by atoms with E-state index in [0.717, 1.165) is 17.3 Å². The molecule has 130 valence electrons. The van der Waals surface area contributed by atoms with E-state index in [2.05, 4.69) is 39.8 Å². The quantitative estimate of drug-likeness (QED) is 0.702. The summed E-state index contributed by atoms with van der Waals surface area (Å²) < 4.78 is 0. The van der Waals surface area contributed by atoms with Gasteiger partial charge in [-0.15, -0.1) is 0 Å². The minimum Gasteiger partial charge on any atom is -0.322 e. The average Bonchev–Trinajstić information content (AvgIpc) is 3.22. The number of aromatic amines is 1. The van der Waals surface area contributed by atoms with E-state index in [1.165, 1.54) is 15.4 Å².